The third kappa shape index (κ3) is 2.44. The number of amides is 1. The van der Waals surface area contributed by atoms with Crippen LogP contribution in [0.1, 0.15) is 21.7 Å². The Bertz CT molecular complexity index is 603. The second kappa shape index (κ2) is 5.46. The van der Waals surface area contributed by atoms with Crippen molar-refractivity contribution in [2.75, 3.05) is 13.1 Å². The van der Waals surface area contributed by atoms with E-state index in [2.05, 4.69) is 9.55 Å². The van der Waals surface area contributed by atoms with Crippen LogP contribution < -0.4 is 5.73 Å². The van der Waals surface area contributed by atoms with E-state index in [1.807, 2.05) is 35.4 Å². The van der Waals surface area contributed by atoms with Gasteiger partial charge in [0.25, 0.3) is 5.91 Å². The minimum atomic E-state index is 0.0681. The molecule has 0 fully saturated rings. The minimum absolute atomic E-state index is 0.0681. The van der Waals surface area contributed by atoms with E-state index in [1.165, 1.54) is 5.56 Å². The molecule has 0 saturated heterocycles. The van der Waals surface area contributed by atoms with Crippen LogP contribution in [0.15, 0.2) is 36.7 Å². The van der Waals surface area contributed by atoms with Gasteiger partial charge >= 0.3 is 0 Å². The Balaban J connectivity index is 1.73. The van der Waals surface area contributed by atoms with Gasteiger partial charge in [-0.15, -0.1) is 0 Å². The molecule has 5 heteroatoms. The fraction of sp³-hybridized carbons (Fsp3) is 0.333. The molecule has 0 unspecified atom stereocenters. The van der Waals surface area contributed by atoms with Gasteiger partial charge in [-0.2, -0.15) is 0 Å². The van der Waals surface area contributed by atoms with Crippen LogP contribution in [0.25, 0.3) is 0 Å². The first-order valence-corrected chi connectivity index (χ1v) is 6.86. The number of carbonyl (C=O) groups excluding carboxylic acids is 1. The van der Waals surface area contributed by atoms with E-state index < -0.39 is 0 Å². The van der Waals surface area contributed by atoms with Crippen molar-refractivity contribution in [1.29, 1.82) is 0 Å². The highest BCUT2D eigenvalue weighted by atomic mass is 16.2. The van der Waals surface area contributed by atoms with E-state index in [4.69, 9.17) is 5.73 Å². The third-order valence-corrected chi connectivity index (χ3v) is 3.67. The Labute approximate surface area is 118 Å². The zero-order chi connectivity index (χ0) is 13.9. The molecule has 0 atom stereocenters. The summed E-state index contributed by atoms with van der Waals surface area (Å²) >= 11 is 0. The molecule has 2 aromatic rings. The van der Waals surface area contributed by atoms with Gasteiger partial charge in [-0.05, 0) is 30.7 Å². The predicted octanol–water partition coefficient (Wildman–Crippen LogP) is 1.04. The van der Waals surface area contributed by atoms with Gasteiger partial charge in [-0.3, -0.25) is 4.79 Å². The van der Waals surface area contributed by atoms with Crippen LogP contribution in [-0.4, -0.2) is 33.4 Å². The molecular weight excluding hydrogens is 252 g/mol. The van der Waals surface area contributed by atoms with Crippen molar-refractivity contribution in [2.45, 2.75) is 19.5 Å². The maximum Gasteiger partial charge on any atom is 0.254 e. The van der Waals surface area contributed by atoms with Crippen LogP contribution in [0.3, 0.4) is 0 Å². The van der Waals surface area contributed by atoms with Gasteiger partial charge in [0.2, 0.25) is 0 Å². The Kier molecular flexibility index (Phi) is 3.52. The molecule has 0 radical (unpaired) electrons. The van der Waals surface area contributed by atoms with Crippen molar-refractivity contribution in [3.05, 3.63) is 53.6 Å². The Morgan fingerprint density at radius 3 is 2.80 bits per heavy atom. The lowest BCUT2D eigenvalue weighted by molar-refractivity contribution is 0.0707. The molecule has 0 bridgehead atoms. The van der Waals surface area contributed by atoms with Gasteiger partial charge < -0.3 is 15.2 Å². The summed E-state index contributed by atoms with van der Waals surface area (Å²) in [5, 5.41) is 0. The van der Waals surface area contributed by atoms with E-state index in [1.54, 1.807) is 6.20 Å². The van der Waals surface area contributed by atoms with Crippen LogP contribution in [0, 0.1) is 0 Å². The van der Waals surface area contributed by atoms with Crippen molar-refractivity contribution in [2.24, 2.45) is 5.73 Å². The lowest BCUT2D eigenvalue weighted by Gasteiger charge is -2.27. The second-order valence-corrected chi connectivity index (χ2v) is 5.00. The zero-order valence-corrected chi connectivity index (χ0v) is 11.3. The highest BCUT2D eigenvalue weighted by Gasteiger charge is 2.22. The van der Waals surface area contributed by atoms with E-state index in [9.17, 15) is 4.79 Å². The van der Waals surface area contributed by atoms with E-state index >= 15 is 0 Å². The standard InChI is InChI=1S/C15H18N4O/c16-6-5-12-1-3-13(4-2-12)15(20)19-10-9-18-8-7-17-14(18)11-19/h1-4,7-8H,5-6,9-11,16H2. The monoisotopic (exact) mass is 270 g/mol. The maximum absolute atomic E-state index is 12.5. The van der Waals surface area contributed by atoms with E-state index in [0.717, 1.165) is 30.9 Å². The van der Waals surface area contributed by atoms with Crippen LogP contribution in [0.5, 0.6) is 0 Å². The van der Waals surface area contributed by atoms with Gasteiger partial charge in [0.15, 0.2) is 0 Å². The van der Waals surface area contributed by atoms with Gasteiger partial charge in [0.05, 0.1) is 6.54 Å². The van der Waals surface area contributed by atoms with Crippen molar-refractivity contribution < 1.29 is 4.79 Å². The molecule has 1 aliphatic heterocycles. The van der Waals surface area contributed by atoms with Crippen LogP contribution in [0.2, 0.25) is 0 Å². The van der Waals surface area contributed by atoms with E-state index in [0.29, 0.717) is 13.1 Å². The smallest absolute Gasteiger partial charge is 0.254 e. The second-order valence-electron chi connectivity index (χ2n) is 5.00. The lowest BCUT2D eigenvalue weighted by atomic mass is 10.1. The summed E-state index contributed by atoms with van der Waals surface area (Å²) in [6.45, 7) is 2.75. The molecule has 2 heterocycles. The number of imidazole rings is 1. The summed E-state index contributed by atoms with van der Waals surface area (Å²) in [5.74, 6) is 1.02. The van der Waals surface area contributed by atoms with Gasteiger partial charge in [0.1, 0.15) is 5.82 Å². The molecule has 5 nitrogen and oxygen atoms in total. The molecule has 1 aromatic heterocycles. The quantitative estimate of drug-likeness (QED) is 0.906. The molecular formula is C15H18N4O. The molecule has 0 spiro atoms. The number of carbonyl (C=O) groups is 1. The first-order chi connectivity index (χ1) is 9.78. The number of hydrogen-bond acceptors (Lipinski definition) is 3. The number of fused-ring (bicyclic) bond motifs is 1. The van der Waals surface area contributed by atoms with Gasteiger partial charge in [-0.1, -0.05) is 12.1 Å². The third-order valence-electron chi connectivity index (χ3n) is 3.67. The Morgan fingerprint density at radius 2 is 2.05 bits per heavy atom. The van der Waals surface area contributed by atoms with Crippen molar-refractivity contribution in [3.63, 3.8) is 0 Å². The number of nitrogens with zero attached hydrogens (tertiary/aromatic N) is 3. The highest BCUT2D eigenvalue weighted by molar-refractivity contribution is 5.94. The van der Waals surface area contributed by atoms with E-state index in [-0.39, 0.29) is 5.91 Å². The summed E-state index contributed by atoms with van der Waals surface area (Å²) in [4.78, 5) is 18.6. The Morgan fingerprint density at radius 1 is 1.25 bits per heavy atom. The van der Waals surface area contributed by atoms with Crippen molar-refractivity contribution in [3.8, 4) is 0 Å². The van der Waals surface area contributed by atoms with Crippen LogP contribution >= 0.6 is 0 Å². The summed E-state index contributed by atoms with van der Waals surface area (Å²) in [6, 6.07) is 7.72. The number of benzene rings is 1. The van der Waals surface area contributed by atoms with Crippen molar-refractivity contribution >= 4 is 5.91 Å². The SMILES string of the molecule is NCCc1ccc(C(=O)N2CCn3ccnc3C2)cc1. The Hall–Kier alpha value is -2.14. The number of hydrogen-bond donors (Lipinski definition) is 1. The molecule has 20 heavy (non-hydrogen) atoms. The average Bonchev–Trinajstić information content (AvgIpc) is 2.95. The van der Waals surface area contributed by atoms with Crippen LogP contribution in [-0.2, 0) is 19.5 Å². The molecule has 0 aliphatic carbocycles. The molecule has 1 amide bonds. The average molecular weight is 270 g/mol. The summed E-state index contributed by atoms with van der Waals surface area (Å²) in [5.41, 5.74) is 7.42. The molecule has 2 N–H and O–H groups in total. The van der Waals surface area contributed by atoms with Gasteiger partial charge in [0, 0.05) is 31.0 Å². The van der Waals surface area contributed by atoms with Crippen molar-refractivity contribution in [1.82, 2.24) is 14.5 Å². The molecule has 0 saturated carbocycles. The molecule has 3 rings (SSSR count). The fourth-order valence-corrected chi connectivity index (χ4v) is 2.51. The van der Waals surface area contributed by atoms with Crippen LogP contribution in [0.4, 0.5) is 0 Å². The first kappa shape index (κ1) is 12.9. The summed E-state index contributed by atoms with van der Waals surface area (Å²) < 4.78 is 2.09. The topological polar surface area (TPSA) is 64.2 Å². The lowest BCUT2D eigenvalue weighted by Crippen LogP contribution is -2.38. The molecule has 1 aromatic carbocycles. The zero-order valence-electron chi connectivity index (χ0n) is 11.3. The predicted molar refractivity (Wildman–Crippen MR) is 76.2 cm³/mol. The number of rotatable bonds is 3. The minimum Gasteiger partial charge on any atom is -0.332 e. The molecule has 1 aliphatic rings. The van der Waals surface area contributed by atoms with Gasteiger partial charge in [-0.25, -0.2) is 4.98 Å². The largest absolute Gasteiger partial charge is 0.332 e. The fourth-order valence-electron chi connectivity index (χ4n) is 2.51. The summed E-state index contributed by atoms with van der Waals surface area (Å²) in [7, 11) is 0. The highest BCUT2D eigenvalue weighted by Crippen LogP contribution is 2.14. The maximum atomic E-state index is 12.5. The normalized spacial score (nSPS) is 14.2. The summed E-state index contributed by atoms with van der Waals surface area (Å²) in [6.07, 6.45) is 4.58. The first-order valence-electron chi connectivity index (χ1n) is 6.86. The molecule has 104 valence electrons. The number of aromatic nitrogens is 2. The number of nitrogens with two attached hydrogens (primary N) is 1.